The summed E-state index contributed by atoms with van der Waals surface area (Å²) in [4.78, 5) is 0. The first-order valence-corrected chi connectivity index (χ1v) is 10.1. The molecule has 0 saturated heterocycles. The van der Waals surface area contributed by atoms with Crippen molar-refractivity contribution in [2.75, 3.05) is 0 Å². The number of hydrogen-bond acceptors (Lipinski definition) is 2. The Bertz CT molecular complexity index is 656. The van der Waals surface area contributed by atoms with Crippen molar-refractivity contribution >= 4 is 0 Å². The third kappa shape index (κ3) is 2.14. The second-order valence-corrected chi connectivity index (χ2v) is 10.0. The second-order valence-electron chi connectivity index (χ2n) is 10.0. The largest absolute Gasteiger partial charge is 0.378 e. The normalized spacial score (nSPS) is 57.5. The average Bonchev–Trinajstić information content (AvgIpc) is 2.88. The summed E-state index contributed by atoms with van der Waals surface area (Å²) in [6.45, 7) is 4.70. The fourth-order valence-corrected chi connectivity index (χ4v) is 7.63. The fraction of sp³-hybridized carbons (Fsp3) is 0.826. The molecule has 4 aliphatic carbocycles. The summed E-state index contributed by atoms with van der Waals surface area (Å²) in [6.07, 6.45) is 20.3. The van der Waals surface area contributed by atoms with Gasteiger partial charge in [-0.2, -0.15) is 0 Å². The molecule has 25 heavy (non-hydrogen) atoms. The van der Waals surface area contributed by atoms with Gasteiger partial charge in [0.1, 0.15) is 11.2 Å². The number of rotatable bonds is 0. The first-order valence-electron chi connectivity index (χ1n) is 10.1. The van der Waals surface area contributed by atoms with Crippen molar-refractivity contribution in [3.63, 3.8) is 0 Å². The summed E-state index contributed by atoms with van der Waals surface area (Å²) in [6, 6.07) is 0. The van der Waals surface area contributed by atoms with E-state index in [1.165, 1.54) is 6.42 Å². The Kier molecular flexibility index (Phi) is 3.69. The molecule has 4 aliphatic rings. The van der Waals surface area contributed by atoms with Gasteiger partial charge < -0.3 is 10.2 Å². The summed E-state index contributed by atoms with van der Waals surface area (Å²) in [5.41, 5.74) is -1.65. The highest BCUT2D eigenvalue weighted by Gasteiger charge is 2.64. The van der Waals surface area contributed by atoms with Crippen LogP contribution in [0.3, 0.4) is 0 Å². The van der Waals surface area contributed by atoms with E-state index < -0.39 is 11.2 Å². The van der Waals surface area contributed by atoms with Crippen molar-refractivity contribution in [3.8, 4) is 24.7 Å². The van der Waals surface area contributed by atoms with Crippen LogP contribution < -0.4 is 0 Å². The zero-order chi connectivity index (χ0) is 18.1. The van der Waals surface area contributed by atoms with Crippen LogP contribution in [0.1, 0.15) is 71.6 Å². The molecule has 4 fully saturated rings. The van der Waals surface area contributed by atoms with Crippen molar-refractivity contribution < 1.29 is 10.2 Å². The van der Waals surface area contributed by atoms with E-state index in [2.05, 4.69) is 25.7 Å². The standard InChI is InChI=1S/C23H32O2/c1-5-22(24)14-13-20(3)16(15-22)7-8-17-18(20)9-11-21(4)19(17)10-12-23(21,25)6-2/h1-2,16-19,24-25H,7-15H2,3-4H3/t16-,17-,18+,19+,20+,21+,22-,23-/m1/s1. The smallest absolute Gasteiger partial charge is 0.130 e. The quantitative estimate of drug-likeness (QED) is 0.659. The molecular formula is C23H32O2. The molecule has 2 nitrogen and oxygen atoms in total. The van der Waals surface area contributed by atoms with E-state index in [4.69, 9.17) is 12.8 Å². The fourth-order valence-electron chi connectivity index (χ4n) is 7.63. The minimum absolute atomic E-state index is 0.125. The lowest BCUT2D eigenvalue weighted by Crippen LogP contribution is -2.57. The van der Waals surface area contributed by atoms with E-state index in [0.29, 0.717) is 23.7 Å². The lowest BCUT2D eigenvalue weighted by atomic mass is 9.43. The molecule has 0 heterocycles. The van der Waals surface area contributed by atoms with E-state index >= 15 is 0 Å². The molecule has 4 rings (SSSR count). The number of terminal acetylenes is 2. The minimum atomic E-state index is -0.920. The summed E-state index contributed by atoms with van der Waals surface area (Å²) in [7, 11) is 0. The third-order valence-electron chi connectivity index (χ3n) is 9.39. The predicted octanol–water partition coefficient (Wildman–Crippen LogP) is 3.76. The van der Waals surface area contributed by atoms with Crippen molar-refractivity contribution in [1.82, 2.24) is 0 Å². The summed E-state index contributed by atoms with van der Waals surface area (Å²) < 4.78 is 0. The highest BCUT2D eigenvalue weighted by atomic mass is 16.3. The van der Waals surface area contributed by atoms with Crippen LogP contribution in [0.25, 0.3) is 0 Å². The maximum atomic E-state index is 11.1. The summed E-state index contributed by atoms with van der Waals surface area (Å²) in [5, 5.41) is 21.7. The van der Waals surface area contributed by atoms with Gasteiger partial charge in [-0.15, -0.1) is 12.8 Å². The van der Waals surface area contributed by atoms with Gasteiger partial charge >= 0.3 is 0 Å². The molecule has 0 aliphatic heterocycles. The number of aliphatic hydroxyl groups is 2. The molecule has 0 aromatic rings. The molecule has 0 unspecified atom stereocenters. The second kappa shape index (κ2) is 5.28. The van der Waals surface area contributed by atoms with Crippen molar-refractivity contribution in [2.45, 2.75) is 82.8 Å². The first-order chi connectivity index (χ1) is 11.7. The van der Waals surface area contributed by atoms with Crippen LogP contribution in [-0.2, 0) is 0 Å². The minimum Gasteiger partial charge on any atom is -0.378 e. The van der Waals surface area contributed by atoms with Crippen LogP contribution in [0.15, 0.2) is 0 Å². The van der Waals surface area contributed by atoms with E-state index in [9.17, 15) is 10.2 Å². The summed E-state index contributed by atoms with van der Waals surface area (Å²) >= 11 is 0. The molecule has 0 spiro atoms. The van der Waals surface area contributed by atoms with E-state index in [0.717, 1.165) is 51.4 Å². The monoisotopic (exact) mass is 340 g/mol. The number of fused-ring (bicyclic) bond motifs is 5. The molecule has 2 heteroatoms. The molecule has 0 bridgehead atoms. The topological polar surface area (TPSA) is 40.5 Å². The van der Waals surface area contributed by atoms with E-state index in [-0.39, 0.29) is 10.8 Å². The van der Waals surface area contributed by atoms with Gasteiger partial charge in [-0.1, -0.05) is 25.7 Å². The molecule has 0 radical (unpaired) electrons. The Morgan fingerprint density at radius 3 is 2.24 bits per heavy atom. The molecule has 4 saturated carbocycles. The van der Waals surface area contributed by atoms with Gasteiger partial charge in [0, 0.05) is 5.41 Å². The molecule has 0 aromatic carbocycles. The Hall–Kier alpha value is -0.960. The van der Waals surface area contributed by atoms with Crippen LogP contribution >= 0.6 is 0 Å². The van der Waals surface area contributed by atoms with Gasteiger partial charge in [0.2, 0.25) is 0 Å². The summed E-state index contributed by atoms with van der Waals surface area (Å²) in [5.74, 6) is 7.85. The molecule has 2 N–H and O–H groups in total. The van der Waals surface area contributed by atoms with Crippen LogP contribution in [0.2, 0.25) is 0 Å². The van der Waals surface area contributed by atoms with Crippen LogP contribution in [0, 0.1) is 59.2 Å². The van der Waals surface area contributed by atoms with E-state index in [1.54, 1.807) is 0 Å². The molecule has 0 aromatic heterocycles. The Morgan fingerprint density at radius 1 is 0.840 bits per heavy atom. The molecular weight excluding hydrogens is 308 g/mol. The highest BCUT2D eigenvalue weighted by molar-refractivity contribution is 5.24. The Morgan fingerprint density at radius 2 is 1.56 bits per heavy atom. The van der Waals surface area contributed by atoms with E-state index in [1.807, 2.05) is 0 Å². The maximum Gasteiger partial charge on any atom is 0.130 e. The van der Waals surface area contributed by atoms with Crippen LogP contribution in [0.5, 0.6) is 0 Å². The van der Waals surface area contributed by atoms with Gasteiger partial charge in [-0.3, -0.25) is 0 Å². The SMILES string of the molecule is C#C[C@@]1(O)CC[C@@]2(C)[C@H](CC[C@@H]3[C@@H]2CC[C@@]2(C)[C@H]3CC[C@]2(O)C#C)C1. The zero-order valence-electron chi connectivity index (χ0n) is 15.7. The zero-order valence-corrected chi connectivity index (χ0v) is 15.7. The van der Waals surface area contributed by atoms with Gasteiger partial charge in [-0.05, 0) is 86.9 Å². The first kappa shape index (κ1) is 17.5. The Balaban J connectivity index is 1.63. The van der Waals surface area contributed by atoms with Crippen LogP contribution in [-0.4, -0.2) is 21.4 Å². The van der Waals surface area contributed by atoms with Crippen molar-refractivity contribution in [3.05, 3.63) is 0 Å². The van der Waals surface area contributed by atoms with Gasteiger partial charge in [-0.25, -0.2) is 0 Å². The maximum absolute atomic E-state index is 11.1. The highest BCUT2D eigenvalue weighted by Crippen LogP contribution is 2.68. The van der Waals surface area contributed by atoms with Gasteiger partial charge in [0.15, 0.2) is 0 Å². The number of hydrogen-bond donors (Lipinski definition) is 2. The Labute approximate surface area is 152 Å². The molecule has 0 amide bonds. The third-order valence-corrected chi connectivity index (χ3v) is 9.39. The lowest BCUT2D eigenvalue weighted by Gasteiger charge is -2.62. The van der Waals surface area contributed by atoms with Gasteiger partial charge in [0.25, 0.3) is 0 Å². The molecule has 136 valence electrons. The van der Waals surface area contributed by atoms with Crippen LogP contribution in [0.4, 0.5) is 0 Å². The van der Waals surface area contributed by atoms with Crippen molar-refractivity contribution in [1.29, 1.82) is 0 Å². The average molecular weight is 341 g/mol. The lowest BCUT2D eigenvalue weighted by molar-refractivity contribution is -0.152. The van der Waals surface area contributed by atoms with Gasteiger partial charge in [0.05, 0.1) is 0 Å². The molecule has 8 atom stereocenters. The van der Waals surface area contributed by atoms with Crippen molar-refractivity contribution in [2.24, 2.45) is 34.5 Å². The predicted molar refractivity (Wildman–Crippen MR) is 99.3 cm³/mol.